The highest BCUT2D eigenvalue weighted by Gasteiger charge is 2.31. The predicted octanol–water partition coefficient (Wildman–Crippen LogP) is 5.13. The zero-order valence-corrected chi connectivity index (χ0v) is 17.4. The van der Waals surface area contributed by atoms with E-state index in [1.807, 2.05) is 60.4 Å². The molecule has 1 atom stereocenters. The van der Waals surface area contributed by atoms with E-state index in [2.05, 4.69) is 4.98 Å². The Labute approximate surface area is 177 Å². The molecule has 0 aliphatic carbocycles. The van der Waals surface area contributed by atoms with E-state index in [0.717, 1.165) is 36.1 Å². The Bertz CT molecular complexity index is 1010. The van der Waals surface area contributed by atoms with Crippen molar-refractivity contribution < 1.29 is 14.3 Å². The quantitative estimate of drug-likeness (QED) is 0.573. The average Bonchev–Trinajstić information content (AvgIpc) is 3.29. The van der Waals surface area contributed by atoms with Crippen LogP contribution in [0.5, 0.6) is 11.5 Å². The topological polar surface area (TPSA) is 51.7 Å². The van der Waals surface area contributed by atoms with E-state index in [1.54, 1.807) is 25.6 Å². The summed E-state index contributed by atoms with van der Waals surface area (Å²) >= 11 is 0. The largest absolute Gasteiger partial charge is 0.492 e. The van der Waals surface area contributed by atoms with E-state index in [9.17, 15) is 4.79 Å². The lowest BCUT2D eigenvalue weighted by Gasteiger charge is -2.26. The van der Waals surface area contributed by atoms with E-state index in [4.69, 9.17) is 9.47 Å². The van der Waals surface area contributed by atoms with Gasteiger partial charge in [-0.3, -0.25) is 9.78 Å². The maximum absolute atomic E-state index is 13.6. The highest BCUT2D eigenvalue weighted by atomic mass is 16.5. The van der Waals surface area contributed by atoms with Crippen molar-refractivity contribution in [2.45, 2.75) is 25.8 Å². The van der Waals surface area contributed by atoms with Crippen LogP contribution in [0.2, 0.25) is 0 Å². The third kappa shape index (κ3) is 3.88. The molecular formula is C25H26N2O3. The molecular weight excluding hydrogens is 376 g/mol. The minimum atomic E-state index is 0.00935. The monoisotopic (exact) mass is 402 g/mol. The molecule has 1 amide bonds. The summed E-state index contributed by atoms with van der Waals surface area (Å²) in [5.74, 6) is 1.24. The first-order valence-corrected chi connectivity index (χ1v) is 10.3. The minimum Gasteiger partial charge on any atom is -0.492 e. The maximum Gasteiger partial charge on any atom is 0.254 e. The van der Waals surface area contributed by atoms with Gasteiger partial charge < -0.3 is 14.4 Å². The number of hydrogen-bond donors (Lipinski definition) is 0. The molecule has 4 rings (SSSR count). The summed E-state index contributed by atoms with van der Waals surface area (Å²) in [6.45, 7) is 3.16. The first kappa shape index (κ1) is 20.0. The Kier molecular flexibility index (Phi) is 5.98. The number of aromatic nitrogens is 1. The lowest BCUT2D eigenvalue weighted by molar-refractivity contribution is 0.0735. The van der Waals surface area contributed by atoms with E-state index < -0.39 is 0 Å². The minimum absolute atomic E-state index is 0.00935. The normalized spacial score (nSPS) is 15.8. The predicted molar refractivity (Wildman–Crippen MR) is 117 cm³/mol. The molecule has 1 fully saturated rings. The van der Waals surface area contributed by atoms with Crippen LogP contribution in [-0.4, -0.2) is 36.1 Å². The third-order valence-electron chi connectivity index (χ3n) is 5.50. The Balaban J connectivity index is 1.76. The van der Waals surface area contributed by atoms with Crippen LogP contribution in [0.4, 0.5) is 0 Å². The molecule has 1 aliphatic heterocycles. The van der Waals surface area contributed by atoms with Gasteiger partial charge in [0.25, 0.3) is 5.91 Å². The number of hydrogen-bond acceptors (Lipinski definition) is 4. The van der Waals surface area contributed by atoms with E-state index in [-0.39, 0.29) is 11.9 Å². The number of likely N-dealkylation sites (tertiary alicyclic amines) is 1. The fourth-order valence-corrected chi connectivity index (χ4v) is 4.14. The third-order valence-corrected chi connectivity index (χ3v) is 5.50. The fraction of sp³-hybridized carbons (Fsp3) is 0.280. The summed E-state index contributed by atoms with van der Waals surface area (Å²) in [6.07, 6.45) is 5.50. The Morgan fingerprint density at radius 2 is 1.90 bits per heavy atom. The summed E-state index contributed by atoms with van der Waals surface area (Å²) in [7, 11) is 1.63. The van der Waals surface area contributed by atoms with Crippen LogP contribution in [0, 0.1) is 0 Å². The molecule has 1 aromatic heterocycles. The molecule has 154 valence electrons. The van der Waals surface area contributed by atoms with Gasteiger partial charge in [-0.15, -0.1) is 0 Å². The number of benzene rings is 2. The zero-order valence-electron chi connectivity index (χ0n) is 17.4. The number of methoxy groups -OCH3 is 1. The summed E-state index contributed by atoms with van der Waals surface area (Å²) < 4.78 is 11.5. The molecule has 2 aromatic carbocycles. The molecule has 30 heavy (non-hydrogen) atoms. The van der Waals surface area contributed by atoms with Crippen LogP contribution in [0.25, 0.3) is 11.1 Å². The smallest absolute Gasteiger partial charge is 0.254 e. The number of pyridine rings is 1. The van der Waals surface area contributed by atoms with Gasteiger partial charge in [0, 0.05) is 30.1 Å². The number of amides is 1. The molecule has 3 aromatic rings. The van der Waals surface area contributed by atoms with Crippen molar-refractivity contribution >= 4 is 5.91 Å². The second-order valence-corrected chi connectivity index (χ2v) is 7.29. The SMILES string of the molecule is CCOc1cc(C(=O)N2CCC[C@@H]2c2ccncc2)cc(-c2ccccc2)c1OC. The fourth-order valence-electron chi connectivity index (χ4n) is 4.14. The summed E-state index contributed by atoms with van der Waals surface area (Å²) in [4.78, 5) is 19.7. The Morgan fingerprint density at radius 1 is 1.13 bits per heavy atom. The van der Waals surface area contributed by atoms with Crippen molar-refractivity contribution in [2.75, 3.05) is 20.3 Å². The molecule has 0 saturated carbocycles. The number of rotatable bonds is 6. The van der Waals surface area contributed by atoms with Gasteiger partial charge in [-0.25, -0.2) is 0 Å². The molecule has 0 N–H and O–H groups in total. The molecule has 1 aliphatic rings. The molecule has 0 spiro atoms. The zero-order chi connectivity index (χ0) is 20.9. The summed E-state index contributed by atoms with van der Waals surface area (Å²) in [5, 5.41) is 0. The molecule has 1 saturated heterocycles. The summed E-state index contributed by atoms with van der Waals surface area (Å²) in [6, 6.07) is 17.7. The van der Waals surface area contributed by atoms with Crippen LogP contribution < -0.4 is 9.47 Å². The molecule has 0 bridgehead atoms. The first-order chi connectivity index (χ1) is 14.7. The Morgan fingerprint density at radius 3 is 2.60 bits per heavy atom. The molecule has 0 unspecified atom stereocenters. The number of ether oxygens (including phenoxy) is 2. The lowest BCUT2D eigenvalue weighted by Crippen LogP contribution is -2.30. The highest BCUT2D eigenvalue weighted by Crippen LogP contribution is 2.41. The van der Waals surface area contributed by atoms with Crippen LogP contribution >= 0.6 is 0 Å². The van der Waals surface area contributed by atoms with Crippen LogP contribution in [0.3, 0.4) is 0 Å². The van der Waals surface area contributed by atoms with Gasteiger partial charge in [-0.2, -0.15) is 0 Å². The van der Waals surface area contributed by atoms with Gasteiger partial charge in [0.15, 0.2) is 11.5 Å². The number of nitrogens with zero attached hydrogens (tertiary/aromatic N) is 2. The summed E-state index contributed by atoms with van der Waals surface area (Å²) in [5.41, 5.74) is 3.57. The van der Waals surface area contributed by atoms with Gasteiger partial charge in [0.1, 0.15) is 0 Å². The molecule has 2 heterocycles. The van der Waals surface area contributed by atoms with Crippen molar-refractivity contribution in [2.24, 2.45) is 0 Å². The van der Waals surface area contributed by atoms with Crippen LogP contribution in [-0.2, 0) is 0 Å². The van der Waals surface area contributed by atoms with E-state index in [1.165, 1.54) is 0 Å². The van der Waals surface area contributed by atoms with Crippen LogP contribution in [0.1, 0.15) is 41.7 Å². The first-order valence-electron chi connectivity index (χ1n) is 10.3. The lowest BCUT2D eigenvalue weighted by atomic mass is 9.99. The standard InChI is InChI=1S/C25H26N2O3/c1-3-30-23-17-20(16-21(24(23)29-2)18-8-5-4-6-9-18)25(28)27-15-7-10-22(27)19-11-13-26-14-12-19/h4-6,8-9,11-14,16-17,22H,3,7,10,15H2,1-2H3/t22-/m1/s1. The van der Waals surface area contributed by atoms with Crippen molar-refractivity contribution in [3.05, 3.63) is 78.1 Å². The average molecular weight is 402 g/mol. The van der Waals surface area contributed by atoms with E-state index >= 15 is 0 Å². The van der Waals surface area contributed by atoms with Gasteiger partial charge in [-0.1, -0.05) is 30.3 Å². The van der Waals surface area contributed by atoms with Gasteiger partial charge >= 0.3 is 0 Å². The Hall–Kier alpha value is -3.34. The van der Waals surface area contributed by atoms with Gasteiger partial charge in [0.05, 0.1) is 19.8 Å². The number of carbonyl (C=O) groups excluding carboxylic acids is 1. The van der Waals surface area contributed by atoms with E-state index in [0.29, 0.717) is 23.7 Å². The molecule has 5 nitrogen and oxygen atoms in total. The second kappa shape index (κ2) is 8.99. The molecule has 5 heteroatoms. The second-order valence-electron chi connectivity index (χ2n) is 7.29. The van der Waals surface area contributed by atoms with Gasteiger partial charge in [0.2, 0.25) is 0 Å². The van der Waals surface area contributed by atoms with Crippen LogP contribution in [0.15, 0.2) is 67.0 Å². The molecule has 0 radical (unpaired) electrons. The highest BCUT2D eigenvalue weighted by molar-refractivity contribution is 5.97. The van der Waals surface area contributed by atoms with Crippen molar-refractivity contribution in [1.82, 2.24) is 9.88 Å². The van der Waals surface area contributed by atoms with Gasteiger partial charge in [-0.05, 0) is 55.2 Å². The van der Waals surface area contributed by atoms with Crippen molar-refractivity contribution in [3.63, 3.8) is 0 Å². The van der Waals surface area contributed by atoms with Crippen molar-refractivity contribution in [3.8, 4) is 22.6 Å². The van der Waals surface area contributed by atoms with Crippen molar-refractivity contribution in [1.29, 1.82) is 0 Å². The maximum atomic E-state index is 13.6. The number of carbonyl (C=O) groups is 1.